The average molecular weight is 513 g/mol. The van der Waals surface area contributed by atoms with Gasteiger partial charge in [-0.3, -0.25) is 9.69 Å². The fraction of sp³-hybridized carbons (Fsp3) is 0.414. The Morgan fingerprint density at radius 2 is 1.74 bits per heavy atom. The highest BCUT2D eigenvalue weighted by Crippen LogP contribution is 2.36. The molecule has 2 aliphatic carbocycles. The summed E-state index contributed by atoms with van der Waals surface area (Å²) >= 11 is 0. The maximum atomic E-state index is 13.9. The van der Waals surface area contributed by atoms with Crippen LogP contribution in [0, 0.1) is 11.8 Å². The first-order chi connectivity index (χ1) is 18.5. The van der Waals surface area contributed by atoms with Crippen LogP contribution in [0.2, 0.25) is 0 Å². The molecular weight excluding hydrogens is 480 g/mol. The van der Waals surface area contributed by atoms with Crippen molar-refractivity contribution in [2.45, 2.75) is 64.3 Å². The van der Waals surface area contributed by atoms with Crippen molar-refractivity contribution in [1.82, 2.24) is 24.4 Å². The fourth-order valence-corrected chi connectivity index (χ4v) is 5.91. The van der Waals surface area contributed by atoms with Gasteiger partial charge in [0.2, 0.25) is 5.91 Å². The molecule has 0 unspecified atom stereocenters. The number of aromatic carboxylic acids is 1. The van der Waals surface area contributed by atoms with E-state index in [1.165, 1.54) is 6.20 Å². The second kappa shape index (κ2) is 10.0. The molecule has 0 spiro atoms. The first-order valence-electron chi connectivity index (χ1n) is 13.5. The Balaban J connectivity index is 1.33. The summed E-state index contributed by atoms with van der Waals surface area (Å²) in [6.07, 6.45) is 12.7. The average Bonchev–Trinajstić information content (AvgIpc) is 3.69. The molecule has 2 saturated carbocycles. The van der Waals surface area contributed by atoms with Crippen LogP contribution in [0.15, 0.2) is 55.0 Å². The molecule has 38 heavy (non-hydrogen) atoms. The van der Waals surface area contributed by atoms with E-state index in [4.69, 9.17) is 5.10 Å². The molecule has 196 valence electrons. The molecule has 0 aliphatic heterocycles. The van der Waals surface area contributed by atoms with Gasteiger partial charge in [0.1, 0.15) is 5.56 Å². The van der Waals surface area contributed by atoms with Crippen molar-refractivity contribution in [2.24, 2.45) is 11.8 Å². The van der Waals surface area contributed by atoms with Crippen LogP contribution in [0.5, 0.6) is 0 Å². The number of anilines is 1. The van der Waals surface area contributed by atoms with Crippen LogP contribution in [-0.2, 0) is 4.79 Å². The van der Waals surface area contributed by atoms with Gasteiger partial charge in [0.25, 0.3) is 0 Å². The van der Waals surface area contributed by atoms with Crippen LogP contribution < -0.4 is 4.90 Å². The van der Waals surface area contributed by atoms with E-state index in [2.05, 4.69) is 17.0 Å². The van der Waals surface area contributed by atoms with E-state index in [-0.39, 0.29) is 29.2 Å². The third-order valence-corrected chi connectivity index (χ3v) is 8.11. The number of benzene rings is 1. The first kappa shape index (κ1) is 24.3. The van der Waals surface area contributed by atoms with Crippen LogP contribution in [0.25, 0.3) is 22.6 Å². The highest BCUT2D eigenvalue weighted by Gasteiger charge is 2.37. The molecular formula is C29H32N6O3. The van der Waals surface area contributed by atoms with E-state index in [1.54, 1.807) is 20.3 Å². The molecule has 1 amide bonds. The van der Waals surface area contributed by atoms with Gasteiger partial charge in [-0.05, 0) is 62.6 Å². The molecule has 1 aromatic carbocycles. The molecule has 3 aromatic heterocycles. The molecule has 0 saturated heterocycles. The maximum absolute atomic E-state index is 13.9. The molecule has 9 nitrogen and oxygen atoms in total. The predicted molar refractivity (Wildman–Crippen MR) is 143 cm³/mol. The summed E-state index contributed by atoms with van der Waals surface area (Å²) in [5.74, 6) is -0.214. The van der Waals surface area contributed by atoms with Crippen molar-refractivity contribution in [1.29, 1.82) is 0 Å². The number of hydrogen-bond acceptors (Lipinski definition) is 5. The maximum Gasteiger partial charge on any atom is 0.341 e. The van der Waals surface area contributed by atoms with Gasteiger partial charge in [-0.15, -0.1) is 5.10 Å². The van der Waals surface area contributed by atoms with Crippen molar-refractivity contribution in [3.8, 4) is 16.9 Å². The normalized spacial score (nSPS) is 20.1. The Kier molecular flexibility index (Phi) is 6.43. The Labute approximate surface area is 221 Å². The van der Waals surface area contributed by atoms with Crippen LogP contribution in [-0.4, -0.2) is 47.4 Å². The quantitative estimate of drug-likeness (QED) is 0.372. The number of rotatable bonds is 6. The topological polar surface area (TPSA) is 106 Å². The van der Waals surface area contributed by atoms with E-state index in [9.17, 15) is 14.7 Å². The van der Waals surface area contributed by atoms with E-state index in [1.807, 2.05) is 42.6 Å². The lowest BCUT2D eigenvalue weighted by Gasteiger charge is -2.33. The SMILES string of the molecule is CC1CCC(C(=O)N(c2nn(-c3ccc(-c4cc5ncccn5n4)cc3)cc2C(=O)O)C2CCCC2)CC1. The Morgan fingerprint density at radius 1 is 1.00 bits per heavy atom. The monoisotopic (exact) mass is 512 g/mol. The second-order valence-corrected chi connectivity index (χ2v) is 10.7. The van der Waals surface area contributed by atoms with E-state index < -0.39 is 5.97 Å². The van der Waals surface area contributed by atoms with Gasteiger partial charge in [0, 0.05) is 42.2 Å². The molecule has 6 rings (SSSR count). The minimum Gasteiger partial charge on any atom is -0.477 e. The van der Waals surface area contributed by atoms with Crippen LogP contribution in [0.1, 0.15) is 68.6 Å². The van der Waals surface area contributed by atoms with Crippen LogP contribution >= 0.6 is 0 Å². The third-order valence-electron chi connectivity index (χ3n) is 8.11. The summed E-state index contributed by atoms with van der Waals surface area (Å²) in [7, 11) is 0. The zero-order valence-electron chi connectivity index (χ0n) is 21.5. The number of carboxylic acid groups (broad SMARTS) is 1. The molecule has 4 aromatic rings. The van der Waals surface area contributed by atoms with Gasteiger partial charge in [-0.25, -0.2) is 19.0 Å². The van der Waals surface area contributed by atoms with E-state index in [0.29, 0.717) is 5.92 Å². The summed E-state index contributed by atoms with van der Waals surface area (Å²) in [5.41, 5.74) is 3.25. The lowest BCUT2D eigenvalue weighted by atomic mass is 9.82. The van der Waals surface area contributed by atoms with Crippen molar-refractivity contribution in [2.75, 3.05) is 4.90 Å². The fourth-order valence-electron chi connectivity index (χ4n) is 5.91. The lowest BCUT2D eigenvalue weighted by Crippen LogP contribution is -2.44. The summed E-state index contributed by atoms with van der Waals surface area (Å²) in [6.45, 7) is 2.23. The summed E-state index contributed by atoms with van der Waals surface area (Å²) in [6, 6.07) is 11.4. The molecule has 3 heterocycles. The molecule has 0 radical (unpaired) electrons. The molecule has 1 N–H and O–H groups in total. The number of nitrogens with zero attached hydrogens (tertiary/aromatic N) is 6. The number of aromatic nitrogens is 5. The zero-order chi connectivity index (χ0) is 26.2. The van der Waals surface area contributed by atoms with Gasteiger partial charge in [0.15, 0.2) is 11.5 Å². The lowest BCUT2D eigenvalue weighted by molar-refractivity contribution is -0.124. The predicted octanol–water partition coefficient (Wildman–Crippen LogP) is 5.38. The molecule has 0 bridgehead atoms. The summed E-state index contributed by atoms with van der Waals surface area (Å²) < 4.78 is 3.30. The molecule has 2 fully saturated rings. The number of carbonyl (C=O) groups excluding carboxylic acids is 1. The van der Waals surface area contributed by atoms with Crippen LogP contribution in [0.3, 0.4) is 0 Å². The number of hydrogen-bond donors (Lipinski definition) is 1. The van der Waals surface area contributed by atoms with Gasteiger partial charge in [0.05, 0.1) is 11.4 Å². The largest absolute Gasteiger partial charge is 0.477 e. The highest BCUT2D eigenvalue weighted by atomic mass is 16.4. The second-order valence-electron chi connectivity index (χ2n) is 10.7. The Morgan fingerprint density at radius 3 is 2.42 bits per heavy atom. The Hall–Kier alpha value is -4.01. The summed E-state index contributed by atoms with van der Waals surface area (Å²) in [4.78, 5) is 32.3. The standard InChI is InChI=1S/C29H32N6O3/c1-19-7-9-21(10-8-19)28(36)35(23-5-2-3-6-23)27-24(29(37)38)18-34(32-27)22-13-11-20(12-14-22)25-17-26-30-15-4-16-33(26)31-25/h4,11-19,21,23H,2-3,5-10H2,1H3,(H,37,38). The van der Waals surface area contributed by atoms with Gasteiger partial charge < -0.3 is 5.11 Å². The van der Waals surface area contributed by atoms with Crippen molar-refractivity contribution in [3.05, 3.63) is 60.6 Å². The van der Waals surface area contributed by atoms with E-state index in [0.717, 1.165) is 74.0 Å². The van der Waals surface area contributed by atoms with Crippen molar-refractivity contribution >= 4 is 23.3 Å². The smallest absolute Gasteiger partial charge is 0.341 e. The van der Waals surface area contributed by atoms with Crippen LogP contribution in [0.4, 0.5) is 5.82 Å². The molecule has 2 aliphatic rings. The number of fused-ring (bicyclic) bond motifs is 1. The zero-order valence-corrected chi connectivity index (χ0v) is 21.5. The molecule has 0 atom stereocenters. The number of carboxylic acids is 1. The van der Waals surface area contributed by atoms with E-state index >= 15 is 0 Å². The number of carbonyl (C=O) groups is 2. The first-order valence-corrected chi connectivity index (χ1v) is 13.5. The minimum atomic E-state index is -1.08. The van der Waals surface area contributed by atoms with Crippen molar-refractivity contribution < 1.29 is 14.7 Å². The molecule has 9 heteroatoms. The van der Waals surface area contributed by atoms with Gasteiger partial charge in [-0.2, -0.15) is 5.10 Å². The number of amides is 1. The minimum absolute atomic E-state index is 0.00525. The van der Waals surface area contributed by atoms with Gasteiger partial charge >= 0.3 is 5.97 Å². The third kappa shape index (κ3) is 4.57. The van der Waals surface area contributed by atoms with Crippen molar-refractivity contribution in [3.63, 3.8) is 0 Å². The van der Waals surface area contributed by atoms with Gasteiger partial charge in [-0.1, -0.05) is 31.9 Å². The summed E-state index contributed by atoms with van der Waals surface area (Å²) in [5, 5.41) is 19.4. The highest BCUT2D eigenvalue weighted by molar-refractivity contribution is 6.02. The Bertz CT molecular complexity index is 1430.